The first-order valence-corrected chi connectivity index (χ1v) is 10.5. The molecule has 8 heteroatoms. The molecule has 0 unspecified atom stereocenters. The van der Waals surface area contributed by atoms with Crippen molar-refractivity contribution in [1.82, 2.24) is 9.78 Å². The van der Waals surface area contributed by atoms with Gasteiger partial charge in [0.2, 0.25) is 9.84 Å². The van der Waals surface area contributed by atoms with E-state index >= 15 is 0 Å². The first kappa shape index (κ1) is 20.2. The molecule has 5 nitrogen and oxygen atoms in total. The predicted molar refractivity (Wildman–Crippen MR) is 110 cm³/mol. The van der Waals surface area contributed by atoms with Gasteiger partial charge in [-0.3, -0.25) is 0 Å². The topological polar surface area (TPSA) is 75.8 Å². The summed E-state index contributed by atoms with van der Waals surface area (Å²) < 4.78 is 27.2. The van der Waals surface area contributed by atoms with E-state index in [0.29, 0.717) is 22.8 Å². The van der Waals surface area contributed by atoms with E-state index in [9.17, 15) is 13.7 Å². The van der Waals surface area contributed by atoms with Crippen LogP contribution in [0.25, 0.3) is 6.08 Å². The lowest BCUT2D eigenvalue weighted by molar-refractivity contribution is 0.603. The Kier molecular flexibility index (Phi) is 5.90. The number of benzene rings is 2. The van der Waals surface area contributed by atoms with E-state index in [2.05, 4.69) is 5.10 Å². The highest BCUT2D eigenvalue weighted by Crippen LogP contribution is 2.27. The number of allylic oxidation sites excluding steroid dienone is 1. The first-order valence-electron chi connectivity index (χ1n) is 8.22. The number of nitriles is 1. The molecule has 0 aliphatic rings. The maximum Gasteiger partial charge on any atom is 0.216 e. The molecule has 142 valence electrons. The van der Waals surface area contributed by atoms with Gasteiger partial charge in [0.25, 0.3) is 0 Å². The standard InChI is InChI=1S/C20H15Cl2N3O2S/c1-14-19(20(22)25(24-14)13-15-5-3-2-4-6-15)11-18(12-23)28(26,27)17-9-7-16(21)8-10-17/h2-11H,13H2,1H3/b18-11+. The van der Waals surface area contributed by atoms with Crippen LogP contribution in [0.2, 0.25) is 10.2 Å². The first-order chi connectivity index (χ1) is 13.3. The molecule has 0 atom stereocenters. The molecule has 1 heterocycles. The number of hydrogen-bond donors (Lipinski definition) is 0. The molecule has 0 saturated heterocycles. The molecule has 0 aliphatic heterocycles. The Morgan fingerprint density at radius 3 is 2.39 bits per heavy atom. The lowest BCUT2D eigenvalue weighted by Crippen LogP contribution is -2.03. The molecular weight excluding hydrogens is 417 g/mol. The molecule has 0 saturated carbocycles. The van der Waals surface area contributed by atoms with Gasteiger partial charge in [0.15, 0.2) is 0 Å². The number of rotatable bonds is 5. The number of hydrogen-bond acceptors (Lipinski definition) is 4. The van der Waals surface area contributed by atoms with Crippen LogP contribution >= 0.6 is 23.2 Å². The number of sulfone groups is 1. The van der Waals surface area contributed by atoms with E-state index in [-0.39, 0.29) is 10.0 Å². The minimum Gasteiger partial charge on any atom is -0.249 e. The lowest BCUT2D eigenvalue weighted by atomic mass is 10.2. The van der Waals surface area contributed by atoms with Crippen LogP contribution in [-0.4, -0.2) is 18.2 Å². The number of nitrogens with zero attached hydrogens (tertiary/aromatic N) is 3. The largest absolute Gasteiger partial charge is 0.249 e. The molecule has 3 aromatic rings. The van der Waals surface area contributed by atoms with Crippen molar-refractivity contribution >= 4 is 39.1 Å². The highest BCUT2D eigenvalue weighted by atomic mass is 35.5. The Balaban J connectivity index is 2.01. The molecule has 1 aromatic heterocycles. The molecule has 0 N–H and O–H groups in total. The van der Waals surface area contributed by atoms with Crippen molar-refractivity contribution in [2.75, 3.05) is 0 Å². The maximum absolute atomic E-state index is 12.8. The van der Waals surface area contributed by atoms with E-state index in [1.54, 1.807) is 17.7 Å². The zero-order valence-electron chi connectivity index (χ0n) is 14.8. The molecule has 3 rings (SSSR count). The Labute approximate surface area is 173 Å². The zero-order valence-corrected chi connectivity index (χ0v) is 17.1. The molecule has 0 amide bonds. The summed E-state index contributed by atoms with van der Waals surface area (Å²) in [5.41, 5.74) is 1.92. The van der Waals surface area contributed by atoms with Crippen LogP contribution in [-0.2, 0) is 16.4 Å². The molecule has 28 heavy (non-hydrogen) atoms. The van der Waals surface area contributed by atoms with Gasteiger partial charge in [0.1, 0.15) is 16.1 Å². The summed E-state index contributed by atoms with van der Waals surface area (Å²) in [4.78, 5) is -0.436. The summed E-state index contributed by atoms with van der Waals surface area (Å²) in [6.45, 7) is 2.14. The van der Waals surface area contributed by atoms with Gasteiger partial charge in [-0.1, -0.05) is 53.5 Å². The van der Waals surface area contributed by atoms with Crippen molar-refractivity contribution in [2.45, 2.75) is 18.4 Å². The Hall–Kier alpha value is -2.59. The molecular formula is C20H15Cl2N3O2S. The van der Waals surface area contributed by atoms with Crippen LogP contribution in [0, 0.1) is 18.3 Å². The zero-order chi connectivity index (χ0) is 20.3. The van der Waals surface area contributed by atoms with E-state index in [1.165, 1.54) is 30.3 Å². The fourth-order valence-electron chi connectivity index (χ4n) is 2.63. The molecule has 0 radical (unpaired) electrons. The summed E-state index contributed by atoms with van der Waals surface area (Å²) in [6.07, 6.45) is 1.26. The average molecular weight is 432 g/mol. The second-order valence-corrected chi connectivity index (χ2v) is 8.72. The van der Waals surface area contributed by atoms with Crippen molar-refractivity contribution in [1.29, 1.82) is 5.26 Å². The molecule has 0 aliphatic carbocycles. The predicted octanol–water partition coefficient (Wildman–Crippen LogP) is 4.89. The van der Waals surface area contributed by atoms with Crippen molar-refractivity contribution in [3.63, 3.8) is 0 Å². The van der Waals surface area contributed by atoms with Crippen LogP contribution in [0.1, 0.15) is 16.8 Å². The summed E-state index contributed by atoms with van der Waals surface area (Å²) in [5.74, 6) is 0. The summed E-state index contributed by atoms with van der Waals surface area (Å²) in [6, 6.07) is 17.0. The fraction of sp³-hybridized carbons (Fsp3) is 0.100. The third-order valence-corrected chi connectivity index (χ3v) is 6.42. The van der Waals surface area contributed by atoms with E-state index in [1.807, 2.05) is 30.3 Å². The molecule has 0 fully saturated rings. The Morgan fingerprint density at radius 1 is 1.14 bits per heavy atom. The van der Waals surface area contributed by atoms with Gasteiger partial charge in [-0.2, -0.15) is 10.4 Å². The van der Waals surface area contributed by atoms with E-state index in [4.69, 9.17) is 23.2 Å². The van der Waals surface area contributed by atoms with Crippen LogP contribution in [0.4, 0.5) is 0 Å². The fourth-order valence-corrected chi connectivity index (χ4v) is 4.19. The van der Waals surface area contributed by atoms with Gasteiger partial charge in [0, 0.05) is 10.6 Å². The normalized spacial score (nSPS) is 12.0. The minimum atomic E-state index is -4.00. The van der Waals surface area contributed by atoms with Crippen LogP contribution in [0.3, 0.4) is 0 Å². The maximum atomic E-state index is 12.8. The van der Waals surface area contributed by atoms with Gasteiger partial charge >= 0.3 is 0 Å². The highest BCUT2D eigenvalue weighted by molar-refractivity contribution is 7.95. The van der Waals surface area contributed by atoms with Crippen molar-refractivity contribution < 1.29 is 8.42 Å². The van der Waals surface area contributed by atoms with Gasteiger partial charge in [0.05, 0.1) is 17.1 Å². The number of aromatic nitrogens is 2. The summed E-state index contributed by atoms with van der Waals surface area (Å²) >= 11 is 12.2. The van der Waals surface area contributed by atoms with Gasteiger partial charge in [-0.05, 0) is 42.8 Å². The van der Waals surface area contributed by atoms with E-state index in [0.717, 1.165) is 5.56 Å². The van der Waals surface area contributed by atoms with Crippen LogP contribution < -0.4 is 0 Å². The quantitative estimate of drug-likeness (QED) is 0.539. The third kappa shape index (κ3) is 4.12. The number of aryl methyl sites for hydroxylation is 1. The number of halogens is 2. The van der Waals surface area contributed by atoms with Crippen LogP contribution in [0.15, 0.2) is 64.4 Å². The molecule has 2 aromatic carbocycles. The van der Waals surface area contributed by atoms with Crippen molar-refractivity contribution in [3.8, 4) is 6.07 Å². The summed E-state index contributed by atoms with van der Waals surface area (Å²) in [5, 5.41) is 14.5. The van der Waals surface area contributed by atoms with Gasteiger partial charge in [-0.15, -0.1) is 0 Å². The molecule has 0 bridgehead atoms. The molecule has 0 spiro atoms. The second kappa shape index (κ2) is 8.19. The Bertz CT molecular complexity index is 1180. The van der Waals surface area contributed by atoms with Gasteiger partial charge in [-0.25, -0.2) is 13.1 Å². The average Bonchev–Trinajstić information content (AvgIpc) is 2.94. The van der Waals surface area contributed by atoms with Gasteiger partial charge < -0.3 is 0 Å². The Morgan fingerprint density at radius 2 is 1.79 bits per heavy atom. The SMILES string of the molecule is Cc1nn(Cc2ccccc2)c(Cl)c1/C=C(\C#N)S(=O)(=O)c1ccc(Cl)cc1. The minimum absolute atomic E-state index is 0.0184. The van der Waals surface area contributed by atoms with Crippen molar-refractivity contribution in [2.24, 2.45) is 0 Å². The van der Waals surface area contributed by atoms with E-state index < -0.39 is 14.7 Å². The van der Waals surface area contributed by atoms with Crippen LogP contribution in [0.5, 0.6) is 0 Å². The van der Waals surface area contributed by atoms with Crippen molar-refractivity contribution in [3.05, 3.63) is 86.5 Å². The smallest absolute Gasteiger partial charge is 0.216 e. The monoisotopic (exact) mass is 431 g/mol. The lowest BCUT2D eigenvalue weighted by Gasteiger charge is -2.04. The third-order valence-electron chi connectivity index (χ3n) is 4.08. The highest BCUT2D eigenvalue weighted by Gasteiger charge is 2.23. The summed E-state index contributed by atoms with van der Waals surface area (Å²) in [7, 11) is -4.00. The second-order valence-electron chi connectivity index (χ2n) is 6.01.